The van der Waals surface area contributed by atoms with Crippen molar-refractivity contribution in [1.29, 1.82) is 0 Å². The fourth-order valence-electron chi connectivity index (χ4n) is 4.41. The van der Waals surface area contributed by atoms with Gasteiger partial charge in [-0.1, -0.05) is 48.5 Å². The third-order valence-corrected chi connectivity index (χ3v) is 6.05. The van der Waals surface area contributed by atoms with Crippen molar-refractivity contribution in [3.05, 3.63) is 66.2 Å². The molecule has 188 valence electrons. The van der Waals surface area contributed by atoms with E-state index in [0.29, 0.717) is 25.6 Å². The molecule has 2 heterocycles. The summed E-state index contributed by atoms with van der Waals surface area (Å²) in [5, 5.41) is 15.6. The number of benzene rings is 2. The second kappa shape index (κ2) is 12.3. The van der Waals surface area contributed by atoms with Gasteiger partial charge in [-0.2, -0.15) is 5.10 Å². The first-order valence-corrected chi connectivity index (χ1v) is 12.5. The van der Waals surface area contributed by atoms with Gasteiger partial charge >= 0.3 is 0 Å². The lowest BCUT2D eigenvalue weighted by atomic mass is 10.1. The van der Waals surface area contributed by atoms with Crippen LogP contribution >= 0.6 is 0 Å². The van der Waals surface area contributed by atoms with Crippen LogP contribution in [-0.4, -0.2) is 64.4 Å². The highest BCUT2D eigenvalue weighted by Gasteiger charge is 2.26. The molecule has 0 unspecified atom stereocenters. The monoisotopic (exact) mass is 479 g/mol. The zero-order valence-electron chi connectivity index (χ0n) is 21.0. The lowest BCUT2D eigenvalue weighted by Gasteiger charge is -2.28. The minimum absolute atomic E-state index is 0.0742. The zero-order chi connectivity index (χ0) is 24.6. The summed E-state index contributed by atoms with van der Waals surface area (Å²) < 4.78 is 19.8. The number of nitrogens with zero attached hydrogens (tertiary/aromatic N) is 3. The molecule has 1 saturated heterocycles. The van der Waals surface area contributed by atoms with Crippen molar-refractivity contribution in [1.82, 2.24) is 14.7 Å². The Morgan fingerprint density at radius 1 is 1.11 bits per heavy atom. The van der Waals surface area contributed by atoms with Gasteiger partial charge in [-0.25, -0.2) is 4.68 Å². The average molecular weight is 480 g/mol. The molecule has 0 spiro atoms. The first kappa shape index (κ1) is 25.4. The molecule has 35 heavy (non-hydrogen) atoms. The molecule has 0 aliphatic carbocycles. The Bertz CT molecular complexity index is 1030. The number of aromatic nitrogens is 2. The minimum Gasteiger partial charge on any atom is -0.439 e. The molecule has 1 aliphatic rings. The van der Waals surface area contributed by atoms with Crippen LogP contribution in [-0.2, 0) is 23.1 Å². The van der Waals surface area contributed by atoms with Crippen molar-refractivity contribution in [3.8, 4) is 22.9 Å². The van der Waals surface area contributed by atoms with Crippen LogP contribution in [0.25, 0.3) is 11.3 Å². The maximum Gasteiger partial charge on any atom is 0.222 e. The first-order chi connectivity index (χ1) is 17.0. The van der Waals surface area contributed by atoms with Gasteiger partial charge in [-0.15, -0.1) is 0 Å². The number of rotatable bonds is 12. The number of ether oxygens (including phenoxy) is 3. The van der Waals surface area contributed by atoms with Crippen molar-refractivity contribution in [2.45, 2.75) is 51.5 Å². The van der Waals surface area contributed by atoms with Gasteiger partial charge in [0.1, 0.15) is 11.4 Å². The lowest BCUT2D eigenvalue weighted by molar-refractivity contribution is -0.0172. The molecule has 7 heteroatoms. The second-order valence-electron chi connectivity index (χ2n) is 9.40. The molecule has 7 nitrogen and oxygen atoms in total. The van der Waals surface area contributed by atoms with Crippen LogP contribution in [0.15, 0.2) is 60.7 Å². The highest BCUT2D eigenvalue weighted by molar-refractivity contribution is 5.65. The van der Waals surface area contributed by atoms with Gasteiger partial charge in [-0.05, 0) is 38.8 Å². The number of hydrogen-bond acceptors (Lipinski definition) is 6. The Kier molecular flexibility index (Phi) is 8.93. The summed E-state index contributed by atoms with van der Waals surface area (Å²) in [6.45, 7) is 6.82. The molecule has 2 aromatic carbocycles. The van der Waals surface area contributed by atoms with Crippen molar-refractivity contribution >= 4 is 0 Å². The normalized spacial score (nSPS) is 16.8. The van der Waals surface area contributed by atoms with Crippen molar-refractivity contribution in [2.75, 3.05) is 26.3 Å². The van der Waals surface area contributed by atoms with Crippen LogP contribution in [0.5, 0.6) is 11.6 Å². The summed E-state index contributed by atoms with van der Waals surface area (Å²) in [6, 6.07) is 19.9. The van der Waals surface area contributed by atoms with Gasteiger partial charge < -0.3 is 19.3 Å². The van der Waals surface area contributed by atoms with Crippen molar-refractivity contribution < 1.29 is 19.3 Å². The van der Waals surface area contributed by atoms with E-state index >= 15 is 0 Å². The third-order valence-electron chi connectivity index (χ3n) is 6.05. The molecular weight excluding hydrogens is 442 g/mol. The van der Waals surface area contributed by atoms with Crippen LogP contribution in [0, 0.1) is 0 Å². The molecule has 2 atom stereocenters. The highest BCUT2D eigenvalue weighted by Crippen LogP contribution is 2.34. The summed E-state index contributed by atoms with van der Waals surface area (Å²) in [4.78, 5) is 2.24. The number of hydrogen-bond donors (Lipinski definition) is 1. The molecule has 0 bridgehead atoms. The predicted octanol–water partition coefficient (Wildman–Crippen LogP) is 4.65. The standard InChI is InChI=1S/C28H37N3O4/c1-21(2)34-20-23(32)17-31(18-25-15-10-16-33-25)19-26-27(22-11-6-4-7-12-22)29-30(3)28(26)35-24-13-8-5-9-14-24/h4-9,11-14,21,23,25,32H,10,15-20H2,1-3H3/t23-,25-/m1/s1. The minimum atomic E-state index is -0.603. The van der Waals surface area contributed by atoms with E-state index < -0.39 is 6.10 Å². The van der Waals surface area contributed by atoms with Crippen LogP contribution in [0.4, 0.5) is 0 Å². The van der Waals surface area contributed by atoms with Gasteiger partial charge in [-0.3, -0.25) is 4.90 Å². The molecule has 0 saturated carbocycles. The fraction of sp³-hybridized carbons (Fsp3) is 0.464. The Morgan fingerprint density at radius 3 is 2.49 bits per heavy atom. The van der Waals surface area contributed by atoms with Gasteiger partial charge in [0.25, 0.3) is 0 Å². The summed E-state index contributed by atoms with van der Waals surface area (Å²) in [7, 11) is 1.91. The summed E-state index contributed by atoms with van der Waals surface area (Å²) in [5.74, 6) is 1.45. The van der Waals surface area contributed by atoms with Crippen LogP contribution in [0.3, 0.4) is 0 Å². The maximum absolute atomic E-state index is 10.8. The summed E-state index contributed by atoms with van der Waals surface area (Å²) in [6.07, 6.45) is 1.73. The average Bonchev–Trinajstić information content (AvgIpc) is 3.47. The van der Waals surface area contributed by atoms with Gasteiger partial charge in [0.2, 0.25) is 5.88 Å². The molecule has 0 amide bonds. The molecule has 4 rings (SSSR count). The maximum atomic E-state index is 10.8. The highest BCUT2D eigenvalue weighted by atomic mass is 16.5. The van der Waals surface area contributed by atoms with E-state index in [1.165, 1.54) is 0 Å². The summed E-state index contributed by atoms with van der Waals surface area (Å²) in [5.41, 5.74) is 2.89. The van der Waals surface area contributed by atoms with Crippen molar-refractivity contribution in [2.24, 2.45) is 7.05 Å². The number of aliphatic hydroxyl groups excluding tert-OH is 1. The topological polar surface area (TPSA) is 69.0 Å². The van der Waals surface area contributed by atoms with Crippen LogP contribution in [0.2, 0.25) is 0 Å². The van der Waals surface area contributed by atoms with E-state index in [1.807, 2.05) is 69.4 Å². The fourth-order valence-corrected chi connectivity index (χ4v) is 4.41. The largest absolute Gasteiger partial charge is 0.439 e. The van der Waals surface area contributed by atoms with E-state index in [1.54, 1.807) is 4.68 Å². The molecule has 1 aliphatic heterocycles. The molecular formula is C28H37N3O4. The van der Waals surface area contributed by atoms with Gasteiger partial charge in [0.15, 0.2) is 0 Å². The van der Waals surface area contributed by atoms with E-state index in [2.05, 4.69) is 17.0 Å². The number of aliphatic hydroxyl groups is 1. The molecule has 0 radical (unpaired) electrons. The molecule has 1 N–H and O–H groups in total. The zero-order valence-corrected chi connectivity index (χ0v) is 21.0. The van der Waals surface area contributed by atoms with Gasteiger partial charge in [0.05, 0.1) is 30.5 Å². The quantitative estimate of drug-likeness (QED) is 0.408. The van der Waals surface area contributed by atoms with Crippen molar-refractivity contribution in [3.63, 3.8) is 0 Å². The SMILES string of the molecule is CC(C)OC[C@H](O)CN(Cc1c(-c2ccccc2)nn(C)c1Oc1ccccc1)C[C@H]1CCCO1. The number of aryl methyl sites for hydroxylation is 1. The van der Waals surface area contributed by atoms with E-state index in [0.717, 1.165) is 48.6 Å². The van der Waals surface area contributed by atoms with Crippen LogP contribution < -0.4 is 4.74 Å². The third kappa shape index (κ3) is 7.15. The molecule has 1 fully saturated rings. The second-order valence-corrected chi connectivity index (χ2v) is 9.40. The Hall–Kier alpha value is -2.71. The first-order valence-electron chi connectivity index (χ1n) is 12.5. The number of para-hydroxylation sites is 1. The van der Waals surface area contributed by atoms with Gasteiger partial charge in [0, 0.05) is 38.9 Å². The molecule has 1 aromatic heterocycles. The smallest absolute Gasteiger partial charge is 0.222 e. The van der Waals surface area contributed by atoms with E-state index in [-0.39, 0.29) is 12.2 Å². The predicted molar refractivity (Wildman–Crippen MR) is 137 cm³/mol. The Labute approximate surface area is 208 Å². The summed E-state index contributed by atoms with van der Waals surface area (Å²) >= 11 is 0. The Morgan fingerprint density at radius 2 is 1.83 bits per heavy atom. The molecule has 3 aromatic rings. The Balaban J connectivity index is 1.64. The van der Waals surface area contributed by atoms with Crippen LogP contribution in [0.1, 0.15) is 32.3 Å². The lowest BCUT2D eigenvalue weighted by Crippen LogP contribution is -2.39. The van der Waals surface area contributed by atoms with E-state index in [9.17, 15) is 5.11 Å². The van der Waals surface area contributed by atoms with E-state index in [4.69, 9.17) is 19.3 Å².